The van der Waals surface area contributed by atoms with Crippen LogP contribution >= 0.6 is 11.3 Å². The number of aryl methyl sites for hydroxylation is 1. The van der Waals surface area contributed by atoms with Gasteiger partial charge in [-0.1, -0.05) is 24.3 Å². The van der Waals surface area contributed by atoms with Crippen molar-refractivity contribution >= 4 is 33.1 Å². The number of ether oxygens (including phenoxy) is 1. The third-order valence-electron chi connectivity index (χ3n) is 6.01. The number of piperazine rings is 1. The van der Waals surface area contributed by atoms with Crippen molar-refractivity contribution in [1.29, 1.82) is 0 Å². The normalized spacial score (nSPS) is 16.7. The van der Waals surface area contributed by atoms with Crippen LogP contribution in [0.2, 0.25) is 0 Å². The zero-order valence-corrected chi connectivity index (χ0v) is 18.9. The van der Waals surface area contributed by atoms with Crippen LogP contribution in [0, 0.1) is 6.92 Å². The van der Waals surface area contributed by atoms with Crippen molar-refractivity contribution in [3.63, 3.8) is 0 Å². The molecule has 0 N–H and O–H groups in total. The summed E-state index contributed by atoms with van der Waals surface area (Å²) in [5, 5.41) is 3.34. The van der Waals surface area contributed by atoms with Crippen molar-refractivity contribution in [2.45, 2.75) is 19.9 Å². The summed E-state index contributed by atoms with van der Waals surface area (Å²) in [5.74, 6) is 1.90. The van der Waals surface area contributed by atoms with E-state index in [0.717, 1.165) is 47.0 Å². The lowest BCUT2D eigenvalue weighted by atomic mass is 10.0. The Morgan fingerprint density at radius 3 is 2.65 bits per heavy atom. The average Bonchev–Trinajstić information content (AvgIpc) is 3.23. The van der Waals surface area contributed by atoms with Crippen LogP contribution < -0.4 is 14.5 Å². The molecule has 4 aromatic rings. The molecule has 2 aromatic carbocycles. The van der Waals surface area contributed by atoms with Crippen LogP contribution in [0.3, 0.4) is 0 Å². The highest BCUT2D eigenvalue weighted by molar-refractivity contribution is 7.17. The van der Waals surface area contributed by atoms with Crippen LogP contribution in [0.15, 0.2) is 60.2 Å². The molecule has 6 heteroatoms. The number of fused-ring (bicyclic) bond motifs is 1. The van der Waals surface area contributed by atoms with E-state index in [1.165, 1.54) is 16.8 Å². The van der Waals surface area contributed by atoms with Crippen LogP contribution in [0.25, 0.3) is 21.3 Å². The molecule has 1 atom stereocenters. The highest BCUT2D eigenvalue weighted by Gasteiger charge is 2.27. The maximum atomic E-state index is 5.32. The van der Waals surface area contributed by atoms with Crippen molar-refractivity contribution < 1.29 is 4.74 Å². The summed E-state index contributed by atoms with van der Waals surface area (Å²) in [5.41, 5.74) is 4.95. The first-order chi connectivity index (χ1) is 15.1. The molecule has 31 heavy (non-hydrogen) atoms. The van der Waals surface area contributed by atoms with Gasteiger partial charge >= 0.3 is 0 Å². The number of aromatic nitrogens is 2. The maximum absolute atomic E-state index is 5.32. The molecule has 158 valence electrons. The first-order valence-electron chi connectivity index (χ1n) is 10.6. The van der Waals surface area contributed by atoms with Crippen LogP contribution in [-0.4, -0.2) is 42.8 Å². The molecule has 5 rings (SSSR count). The van der Waals surface area contributed by atoms with Crippen molar-refractivity contribution in [1.82, 2.24) is 9.97 Å². The maximum Gasteiger partial charge on any atom is 0.141 e. The molecule has 1 fully saturated rings. The van der Waals surface area contributed by atoms with Gasteiger partial charge in [-0.15, -0.1) is 11.3 Å². The lowest BCUT2D eigenvalue weighted by molar-refractivity contribution is 0.415. The first kappa shape index (κ1) is 19.8. The average molecular weight is 431 g/mol. The first-order valence-corrected chi connectivity index (χ1v) is 11.5. The highest BCUT2D eigenvalue weighted by atomic mass is 32.1. The molecule has 1 saturated heterocycles. The number of rotatable bonds is 4. The minimum atomic E-state index is 0.392. The molecule has 0 amide bonds. The monoisotopic (exact) mass is 430 g/mol. The van der Waals surface area contributed by atoms with Gasteiger partial charge in [-0.2, -0.15) is 0 Å². The summed E-state index contributed by atoms with van der Waals surface area (Å²) in [7, 11) is 1.69. The molecular formula is C25H26N4OS. The lowest BCUT2D eigenvalue weighted by Crippen LogP contribution is -2.52. The molecule has 0 aliphatic carbocycles. The Morgan fingerprint density at radius 1 is 1.06 bits per heavy atom. The summed E-state index contributed by atoms with van der Waals surface area (Å²) in [6.45, 7) is 7.28. The predicted octanol–water partition coefficient (Wildman–Crippen LogP) is 5.39. The van der Waals surface area contributed by atoms with Crippen LogP contribution in [0.1, 0.15) is 12.5 Å². The van der Waals surface area contributed by atoms with Gasteiger partial charge < -0.3 is 14.5 Å². The van der Waals surface area contributed by atoms with Crippen molar-refractivity contribution in [2.75, 3.05) is 36.5 Å². The van der Waals surface area contributed by atoms with E-state index in [9.17, 15) is 0 Å². The fourth-order valence-corrected chi connectivity index (χ4v) is 5.33. The summed E-state index contributed by atoms with van der Waals surface area (Å²) in [4.78, 5) is 15.3. The SMILES string of the molecule is COc1ccc(-c2csc3ncnc(N4CCN(c5cccc(C)c5)[C@H](C)C4)c23)cc1. The van der Waals surface area contributed by atoms with Crippen molar-refractivity contribution in [2.24, 2.45) is 0 Å². The van der Waals surface area contributed by atoms with E-state index < -0.39 is 0 Å². The highest BCUT2D eigenvalue weighted by Crippen LogP contribution is 2.39. The second kappa shape index (κ2) is 8.19. The predicted molar refractivity (Wildman–Crippen MR) is 130 cm³/mol. The molecule has 3 heterocycles. The number of thiophene rings is 1. The smallest absolute Gasteiger partial charge is 0.141 e. The quantitative estimate of drug-likeness (QED) is 0.434. The molecule has 1 aliphatic heterocycles. The summed E-state index contributed by atoms with van der Waals surface area (Å²) in [6, 6.07) is 17.4. The second-order valence-electron chi connectivity index (χ2n) is 8.08. The van der Waals surface area contributed by atoms with Gasteiger partial charge in [0.1, 0.15) is 22.7 Å². The fourth-order valence-electron chi connectivity index (χ4n) is 4.42. The summed E-state index contributed by atoms with van der Waals surface area (Å²) < 4.78 is 5.32. The summed E-state index contributed by atoms with van der Waals surface area (Å²) in [6.07, 6.45) is 1.70. The Hall–Kier alpha value is -3.12. The molecule has 0 saturated carbocycles. The minimum absolute atomic E-state index is 0.392. The van der Waals surface area contributed by atoms with E-state index in [1.807, 2.05) is 12.1 Å². The van der Waals surface area contributed by atoms with E-state index in [1.54, 1.807) is 24.8 Å². The van der Waals surface area contributed by atoms with Crippen LogP contribution in [0.5, 0.6) is 5.75 Å². The number of nitrogens with zero attached hydrogens (tertiary/aromatic N) is 4. The Bertz CT molecular complexity index is 1200. The lowest BCUT2D eigenvalue weighted by Gasteiger charge is -2.42. The molecular weight excluding hydrogens is 404 g/mol. The van der Waals surface area contributed by atoms with E-state index in [4.69, 9.17) is 9.72 Å². The van der Waals surface area contributed by atoms with E-state index >= 15 is 0 Å². The van der Waals surface area contributed by atoms with Gasteiger partial charge in [-0.05, 0) is 49.2 Å². The van der Waals surface area contributed by atoms with Gasteiger partial charge in [0.15, 0.2) is 0 Å². The number of anilines is 2. The molecule has 2 aromatic heterocycles. The summed E-state index contributed by atoms with van der Waals surface area (Å²) >= 11 is 1.68. The van der Waals surface area contributed by atoms with E-state index in [2.05, 4.69) is 70.4 Å². The van der Waals surface area contributed by atoms with Gasteiger partial charge in [0.2, 0.25) is 0 Å². The topological polar surface area (TPSA) is 41.5 Å². The standard InChI is InChI=1S/C25H26N4OS/c1-17-5-4-6-20(13-17)29-12-11-28(14-18(29)2)24-23-22(15-31-25(23)27-16-26-24)19-7-9-21(30-3)10-8-19/h4-10,13,15-16,18H,11-12,14H2,1-3H3/t18-/m1/s1. The second-order valence-corrected chi connectivity index (χ2v) is 8.94. The molecule has 5 nitrogen and oxygen atoms in total. The Balaban J connectivity index is 1.47. The third kappa shape index (κ3) is 3.72. The Labute approximate surface area is 186 Å². The molecule has 0 bridgehead atoms. The molecule has 0 radical (unpaired) electrons. The molecule has 1 aliphatic rings. The van der Waals surface area contributed by atoms with Gasteiger partial charge in [0, 0.05) is 42.3 Å². The van der Waals surface area contributed by atoms with Gasteiger partial charge in [-0.25, -0.2) is 9.97 Å². The minimum Gasteiger partial charge on any atom is -0.497 e. The molecule has 0 spiro atoms. The zero-order valence-electron chi connectivity index (χ0n) is 18.1. The molecule has 0 unspecified atom stereocenters. The van der Waals surface area contributed by atoms with Crippen molar-refractivity contribution in [3.8, 4) is 16.9 Å². The zero-order chi connectivity index (χ0) is 21.4. The number of methoxy groups -OCH3 is 1. The Kier molecular flexibility index (Phi) is 5.24. The van der Waals surface area contributed by atoms with Gasteiger partial charge in [-0.3, -0.25) is 0 Å². The third-order valence-corrected chi connectivity index (χ3v) is 6.90. The van der Waals surface area contributed by atoms with Crippen LogP contribution in [-0.2, 0) is 0 Å². The van der Waals surface area contributed by atoms with Gasteiger partial charge in [0.25, 0.3) is 0 Å². The fraction of sp³-hybridized carbons (Fsp3) is 0.280. The largest absolute Gasteiger partial charge is 0.497 e. The van der Waals surface area contributed by atoms with Crippen molar-refractivity contribution in [3.05, 3.63) is 65.8 Å². The number of benzene rings is 2. The Morgan fingerprint density at radius 2 is 1.90 bits per heavy atom. The number of hydrogen-bond acceptors (Lipinski definition) is 6. The number of hydrogen-bond donors (Lipinski definition) is 0. The van der Waals surface area contributed by atoms with Crippen LogP contribution in [0.4, 0.5) is 11.5 Å². The van der Waals surface area contributed by atoms with E-state index in [0.29, 0.717) is 6.04 Å². The van der Waals surface area contributed by atoms with E-state index in [-0.39, 0.29) is 0 Å². The van der Waals surface area contributed by atoms with Gasteiger partial charge in [0.05, 0.1) is 12.5 Å².